The standard InChI is InChI=1S/C24H30N4O3/c1-17-6-4-11-27(16-17)12-5-13-31-20-9-7-19(8-10-20)28-18(2)26-22-15-25-23(30-3)14-21(22)24(28)29/h7-10,14-15,17H,4-6,11-13,16H2,1-3H3/t17-/m0/s1. The SMILES string of the molecule is COc1cc2c(=O)n(-c3ccc(OCCCN4CCC[C@H](C)C4)cc3)c(C)nc2cn1. The van der Waals surface area contributed by atoms with Crippen LogP contribution in [0, 0.1) is 12.8 Å². The van der Waals surface area contributed by atoms with E-state index in [1.165, 1.54) is 33.0 Å². The van der Waals surface area contributed by atoms with Crippen LogP contribution in [0.3, 0.4) is 0 Å². The number of aryl methyl sites for hydroxylation is 1. The van der Waals surface area contributed by atoms with Gasteiger partial charge >= 0.3 is 0 Å². The molecule has 2 aromatic heterocycles. The third kappa shape index (κ3) is 4.88. The average Bonchev–Trinajstić information content (AvgIpc) is 2.77. The lowest BCUT2D eigenvalue weighted by molar-refractivity contribution is 0.170. The normalized spacial score (nSPS) is 17.1. The molecule has 1 atom stereocenters. The van der Waals surface area contributed by atoms with Crippen LogP contribution in [0.1, 0.15) is 32.0 Å². The summed E-state index contributed by atoms with van der Waals surface area (Å²) in [5.41, 5.74) is 1.16. The van der Waals surface area contributed by atoms with E-state index in [1.807, 2.05) is 31.2 Å². The third-order valence-electron chi connectivity index (χ3n) is 5.83. The molecule has 1 aromatic carbocycles. The summed E-state index contributed by atoms with van der Waals surface area (Å²) in [4.78, 5) is 24.3. The number of hydrogen-bond acceptors (Lipinski definition) is 6. The van der Waals surface area contributed by atoms with Crippen molar-refractivity contribution in [1.29, 1.82) is 0 Å². The highest BCUT2D eigenvalue weighted by atomic mass is 16.5. The molecule has 1 aliphatic heterocycles. The van der Waals surface area contributed by atoms with Crippen LogP contribution >= 0.6 is 0 Å². The van der Waals surface area contributed by atoms with E-state index in [0.717, 1.165) is 30.3 Å². The van der Waals surface area contributed by atoms with Gasteiger partial charge in [-0.15, -0.1) is 0 Å². The third-order valence-corrected chi connectivity index (χ3v) is 5.83. The number of pyridine rings is 1. The topological polar surface area (TPSA) is 69.5 Å². The molecule has 0 amide bonds. The van der Waals surface area contributed by atoms with Crippen LogP contribution in [-0.4, -0.2) is 52.8 Å². The lowest BCUT2D eigenvalue weighted by Gasteiger charge is -2.30. The van der Waals surface area contributed by atoms with Crippen LogP contribution in [0.5, 0.6) is 11.6 Å². The molecule has 1 saturated heterocycles. The van der Waals surface area contributed by atoms with Crippen molar-refractivity contribution >= 4 is 10.9 Å². The first-order valence-corrected chi connectivity index (χ1v) is 10.9. The number of fused-ring (bicyclic) bond motifs is 1. The Morgan fingerprint density at radius 1 is 1.23 bits per heavy atom. The van der Waals surface area contributed by atoms with Crippen molar-refractivity contribution < 1.29 is 9.47 Å². The van der Waals surface area contributed by atoms with Gasteiger partial charge in [-0.2, -0.15) is 0 Å². The molecule has 3 heterocycles. The molecule has 0 radical (unpaired) electrons. The highest BCUT2D eigenvalue weighted by Gasteiger charge is 2.15. The Bertz CT molecular complexity index is 1090. The van der Waals surface area contributed by atoms with E-state index >= 15 is 0 Å². The van der Waals surface area contributed by atoms with Crippen molar-refractivity contribution in [3.05, 3.63) is 52.7 Å². The molecule has 1 fully saturated rings. The van der Waals surface area contributed by atoms with Gasteiger partial charge in [0.05, 0.1) is 36.5 Å². The smallest absolute Gasteiger partial charge is 0.266 e. The number of nitrogens with zero attached hydrogens (tertiary/aromatic N) is 4. The molecule has 3 aromatic rings. The number of piperidine rings is 1. The van der Waals surface area contributed by atoms with Crippen LogP contribution in [0.2, 0.25) is 0 Å². The van der Waals surface area contributed by atoms with Gasteiger partial charge in [0.25, 0.3) is 5.56 Å². The number of methoxy groups -OCH3 is 1. The highest BCUT2D eigenvalue weighted by Crippen LogP contribution is 2.19. The summed E-state index contributed by atoms with van der Waals surface area (Å²) in [5, 5.41) is 0.477. The maximum absolute atomic E-state index is 13.1. The molecule has 0 aliphatic carbocycles. The van der Waals surface area contributed by atoms with Gasteiger partial charge in [-0.05, 0) is 62.9 Å². The zero-order valence-electron chi connectivity index (χ0n) is 18.5. The molecule has 7 heteroatoms. The van der Waals surface area contributed by atoms with Crippen LogP contribution in [0.4, 0.5) is 0 Å². The van der Waals surface area contributed by atoms with Gasteiger partial charge in [0.1, 0.15) is 11.6 Å². The van der Waals surface area contributed by atoms with Crippen molar-refractivity contribution in [2.75, 3.05) is 33.4 Å². The van der Waals surface area contributed by atoms with E-state index in [-0.39, 0.29) is 5.56 Å². The average molecular weight is 423 g/mol. The van der Waals surface area contributed by atoms with E-state index in [4.69, 9.17) is 9.47 Å². The van der Waals surface area contributed by atoms with Crippen molar-refractivity contribution in [1.82, 2.24) is 19.4 Å². The number of ether oxygens (including phenoxy) is 2. The molecule has 0 N–H and O–H groups in total. The Kier molecular flexibility index (Phi) is 6.51. The second-order valence-electron chi connectivity index (χ2n) is 8.29. The minimum atomic E-state index is -0.146. The first-order chi connectivity index (χ1) is 15.0. The van der Waals surface area contributed by atoms with Crippen molar-refractivity contribution in [2.24, 2.45) is 5.92 Å². The van der Waals surface area contributed by atoms with Gasteiger partial charge in [0, 0.05) is 19.2 Å². The van der Waals surface area contributed by atoms with Crippen molar-refractivity contribution in [3.63, 3.8) is 0 Å². The monoisotopic (exact) mass is 422 g/mol. The molecule has 0 bridgehead atoms. The maximum atomic E-state index is 13.1. The maximum Gasteiger partial charge on any atom is 0.266 e. The Balaban J connectivity index is 1.43. The number of aromatic nitrogens is 3. The molecular weight excluding hydrogens is 392 g/mol. The summed E-state index contributed by atoms with van der Waals surface area (Å²) in [6.45, 7) is 8.32. The molecule has 164 valence electrons. The van der Waals surface area contributed by atoms with E-state index in [2.05, 4.69) is 21.8 Å². The van der Waals surface area contributed by atoms with Gasteiger partial charge < -0.3 is 14.4 Å². The molecule has 31 heavy (non-hydrogen) atoms. The molecule has 4 rings (SSSR count). The summed E-state index contributed by atoms with van der Waals surface area (Å²) in [6.07, 6.45) is 5.22. The number of benzene rings is 1. The Morgan fingerprint density at radius 3 is 2.77 bits per heavy atom. The van der Waals surface area contributed by atoms with Gasteiger partial charge in [0.15, 0.2) is 0 Å². The molecule has 0 unspecified atom stereocenters. The Morgan fingerprint density at radius 2 is 2.03 bits per heavy atom. The molecule has 1 aliphatic rings. The predicted molar refractivity (Wildman–Crippen MR) is 121 cm³/mol. The fourth-order valence-corrected chi connectivity index (χ4v) is 4.26. The van der Waals surface area contributed by atoms with Gasteiger partial charge in [-0.1, -0.05) is 6.92 Å². The van der Waals surface area contributed by atoms with Crippen LogP contribution in [-0.2, 0) is 0 Å². The van der Waals surface area contributed by atoms with Crippen LogP contribution in [0.25, 0.3) is 16.6 Å². The number of hydrogen-bond donors (Lipinski definition) is 0. The zero-order chi connectivity index (χ0) is 21.8. The highest BCUT2D eigenvalue weighted by molar-refractivity contribution is 5.78. The number of rotatable bonds is 7. The quantitative estimate of drug-likeness (QED) is 0.542. The van der Waals surface area contributed by atoms with Crippen LogP contribution < -0.4 is 15.0 Å². The van der Waals surface area contributed by atoms with Crippen molar-refractivity contribution in [2.45, 2.75) is 33.1 Å². The van der Waals surface area contributed by atoms with Crippen LogP contribution in [0.15, 0.2) is 41.3 Å². The van der Waals surface area contributed by atoms with E-state index < -0.39 is 0 Å². The van der Waals surface area contributed by atoms with Gasteiger partial charge in [-0.3, -0.25) is 9.36 Å². The minimum absolute atomic E-state index is 0.146. The Labute approximate surface area is 182 Å². The summed E-state index contributed by atoms with van der Waals surface area (Å²) in [6, 6.07) is 9.22. The fourth-order valence-electron chi connectivity index (χ4n) is 4.26. The van der Waals surface area contributed by atoms with E-state index in [1.54, 1.807) is 16.8 Å². The summed E-state index contributed by atoms with van der Waals surface area (Å²) < 4.78 is 12.7. The Hall–Kier alpha value is -2.93. The summed E-state index contributed by atoms with van der Waals surface area (Å²) in [5.74, 6) is 2.61. The zero-order valence-corrected chi connectivity index (χ0v) is 18.5. The fraction of sp³-hybridized carbons (Fsp3) is 0.458. The molecule has 7 nitrogen and oxygen atoms in total. The van der Waals surface area contributed by atoms with E-state index in [0.29, 0.717) is 29.2 Å². The summed E-state index contributed by atoms with van der Waals surface area (Å²) in [7, 11) is 1.53. The van der Waals surface area contributed by atoms with Crippen molar-refractivity contribution in [3.8, 4) is 17.3 Å². The predicted octanol–water partition coefficient (Wildman–Crippen LogP) is 3.60. The molecular formula is C24H30N4O3. The van der Waals surface area contributed by atoms with Gasteiger partial charge in [-0.25, -0.2) is 9.97 Å². The lowest BCUT2D eigenvalue weighted by atomic mass is 10.0. The largest absolute Gasteiger partial charge is 0.494 e. The van der Waals surface area contributed by atoms with Gasteiger partial charge in [0.2, 0.25) is 5.88 Å². The lowest BCUT2D eigenvalue weighted by Crippen LogP contribution is -2.35. The second-order valence-corrected chi connectivity index (χ2v) is 8.29. The van der Waals surface area contributed by atoms with E-state index in [9.17, 15) is 4.79 Å². The number of likely N-dealkylation sites (tertiary alicyclic amines) is 1. The molecule has 0 saturated carbocycles. The first-order valence-electron chi connectivity index (χ1n) is 10.9. The second kappa shape index (κ2) is 9.47. The molecule has 0 spiro atoms. The minimum Gasteiger partial charge on any atom is -0.494 e. The first kappa shape index (κ1) is 21.3. The summed E-state index contributed by atoms with van der Waals surface area (Å²) >= 11 is 0.